The van der Waals surface area contributed by atoms with E-state index in [9.17, 15) is 4.79 Å². The number of nitrogens with two attached hydrogens (primary N) is 1. The van der Waals surface area contributed by atoms with Crippen LogP contribution in [0.5, 0.6) is 0 Å². The Morgan fingerprint density at radius 2 is 1.48 bits per heavy atom. The highest BCUT2D eigenvalue weighted by Crippen LogP contribution is 2.23. The largest absolute Gasteiger partial charge is 0.501 e. The number of hydrogen-bond donors (Lipinski definition) is 2. The Kier molecular flexibility index (Phi) is 19.4. The van der Waals surface area contributed by atoms with Crippen LogP contribution in [0.4, 0.5) is 0 Å². The van der Waals surface area contributed by atoms with Crippen molar-refractivity contribution in [2.45, 2.75) is 51.9 Å². The van der Waals surface area contributed by atoms with Gasteiger partial charge in [-0.3, -0.25) is 4.90 Å². The summed E-state index contributed by atoms with van der Waals surface area (Å²) in [5.74, 6) is 0. The van der Waals surface area contributed by atoms with Crippen LogP contribution in [0.3, 0.4) is 0 Å². The zero-order chi connectivity index (χ0) is 25.0. The van der Waals surface area contributed by atoms with Gasteiger partial charge in [0.25, 0.3) is 0 Å². The molecule has 0 saturated carbocycles. The first kappa shape index (κ1) is 32.5. The highest BCUT2D eigenvalue weighted by atomic mass is 28.4. The van der Waals surface area contributed by atoms with E-state index in [1.165, 1.54) is 0 Å². The van der Waals surface area contributed by atoms with E-state index in [-0.39, 0.29) is 6.17 Å². The smallest absolute Gasteiger partial charge is 0.377 e. The monoisotopic (exact) mass is 510 g/mol. The standard InChI is InChI=1S/C20H46N4O7Si2/c1-7-29-33(30-8-2,31-9-3)18-11-20(23-19-25)24(16-14-22-13-12-21)15-10-17-32(26-4,27-5)28-6/h20,22H,7-18,21H2,1-6H3. The van der Waals surface area contributed by atoms with Crippen molar-refractivity contribution in [2.75, 3.05) is 73.9 Å². The third-order valence-corrected chi connectivity index (χ3v) is 11.1. The van der Waals surface area contributed by atoms with E-state index >= 15 is 0 Å². The molecule has 1 atom stereocenters. The van der Waals surface area contributed by atoms with E-state index in [1.807, 2.05) is 20.8 Å². The lowest BCUT2D eigenvalue weighted by Gasteiger charge is -2.33. The van der Waals surface area contributed by atoms with Gasteiger partial charge >= 0.3 is 17.6 Å². The molecule has 0 rings (SSSR count). The summed E-state index contributed by atoms with van der Waals surface area (Å²) >= 11 is 0. The van der Waals surface area contributed by atoms with E-state index in [0.29, 0.717) is 64.5 Å². The predicted molar refractivity (Wildman–Crippen MR) is 132 cm³/mol. The predicted octanol–water partition coefficient (Wildman–Crippen LogP) is 1.21. The van der Waals surface area contributed by atoms with Crippen molar-refractivity contribution < 1.29 is 31.4 Å². The second-order valence-corrected chi connectivity index (χ2v) is 13.0. The van der Waals surface area contributed by atoms with Crippen LogP contribution in [0.25, 0.3) is 0 Å². The molecule has 1 unspecified atom stereocenters. The number of hydrogen-bond acceptors (Lipinski definition) is 11. The zero-order valence-corrected chi connectivity index (χ0v) is 23.4. The quantitative estimate of drug-likeness (QED) is 0.0896. The molecule has 0 fully saturated rings. The van der Waals surface area contributed by atoms with Gasteiger partial charge in [0.05, 0.1) is 0 Å². The number of nitrogens with one attached hydrogen (secondary N) is 1. The van der Waals surface area contributed by atoms with Gasteiger partial charge in [0.2, 0.25) is 6.08 Å². The van der Waals surface area contributed by atoms with Crippen molar-refractivity contribution in [1.82, 2.24) is 10.2 Å². The summed E-state index contributed by atoms with van der Waals surface area (Å²) in [4.78, 5) is 17.6. The van der Waals surface area contributed by atoms with E-state index in [1.54, 1.807) is 27.4 Å². The Morgan fingerprint density at radius 1 is 0.909 bits per heavy atom. The van der Waals surface area contributed by atoms with Crippen LogP contribution in [0, 0.1) is 0 Å². The lowest BCUT2D eigenvalue weighted by molar-refractivity contribution is 0.0676. The molecule has 0 saturated heterocycles. The molecule has 33 heavy (non-hydrogen) atoms. The maximum Gasteiger partial charge on any atom is 0.501 e. The Morgan fingerprint density at radius 3 is 1.94 bits per heavy atom. The van der Waals surface area contributed by atoms with E-state index in [0.717, 1.165) is 13.0 Å². The molecule has 3 N–H and O–H groups in total. The summed E-state index contributed by atoms with van der Waals surface area (Å²) in [6.45, 7) is 10.6. The molecule has 11 nitrogen and oxygen atoms in total. The molecule has 0 aromatic carbocycles. The summed E-state index contributed by atoms with van der Waals surface area (Å²) < 4.78 is 34.5. The molecule has 0 aromatic rings. The fourth-order valence-electron chi connectivity index (χ4n) is 3.61. The lowest BCUT2D eigenvalue weighted by Crippen LogP contribution is -2.48. The summed E-state index contributed by atoms with van der Waals surface area (Å²) in [6, 6.07) is 1.20. The molecule has 0 spiro atoms. The van der Waals surface area contributed by atoms with Crippen molar-refractivity contribution in [3.05, 3.63) is 0 Å². The van der Waals surface area contributed by atoms with Crippen molar-refractivity contribution in [3.63, 3.8) is 0 Å². The summed E-state index contributed by atoms with van der Waals surface area (Å²) in [5.41, 5.74) is 5.59. The maximum absolute atomic E-state index is 11.3. The molecule has 0 aliphatic rings. The van der Waals surface area contributed by atoms with Crippen LogP contribution in [0.15, 0.2) is 4.99 Å². The molecule has 0 amide bonds. The number of nitrogens with zero attached hydrogens (tertiary/aromatic N) is 2. The summed E-state index contributed by atoms with van der Waals surface area (Å²) in [5, 5.41) is 3.30. The average molecular weight is 511 g/mol. The number of carbonyl (C=O) groups excluding carboxylic acids is 1. The average Bonchev–Trinajstić information content (AvgIpc) is 2.82. The van der Waals surface area contributed by atoms with E-state index < -0.39 is 17.6 Å². The fraction of sp³-hybridized carbons (Fsp3) is 0.950. The Bertz CT molecular complexity index is 501. The number of rotatable bonds is 23. The summed E-state index contributed by atoms with van der Waals surface area (Å²) in [6.07, 6.45) is 2.68. The molecule has 13 heteroatoms. The van der Waals surface area contributed by atoms with E-state index in [4.69, 9.17) is 32.3 Å². The van der Waals surface area contributed by atoms with Gasteiger partial charge < -0.3 is 37.6 Å². The normalized spacial score (nSPS) is 13.3. The molecule has 0 aromatic heterocycles. The maximum atomic E-state index is 11.3. The van der Waals surface area contributed by atoms with Crippen LogP contribution < -0.4 is 11.1 Å². The summed E-state index contributed by atoms with van der Waals surface area (Å²) in [7, 11) is -0.728. The van der Waals surface area contributed by atoms with Crippen LogP contribution >= 0.6 is 0 Å². The van der Waals surface area contributed by atoms with Gasteiger partial charge in [0.1, 0.15) is 6.17 Å². The first-order valence-electron chi connectivity index (χ1n) is 11.7. The Labute approximate surface area is 202 Å². The van der Waals surface area contributed by atoms with Gasteiger partial charge in [-0.15, -0.1) is 0 Å². The van der Waals surface area contributed by atoms with Crippen LogP contribution in [-0.4, -0.2) is 109 Å². The minimum Gasteiger partial charge on any atom is -0.377 e. The van der Waals surface area contributed by atoms with Crippen LogP contribution in [0.2, 0.25) is 12.1 Å². The second kappa shape index (κ2) is 19.7. The van der Waals surface area contributed by atoms with Crippen molar-refractivity contribution in [3.8, 4) is 0 Å². The lowest BCUT2D eigenvalue weighted by atomic mass is 10.3. The van der Waals surface area contributed by atoms with Crippen LogP contribution in [-0.2, 0) is 31.4 Å². The van der Waals surface area contributed by atoms with Gasteiger partial charge in [-0.1, -0.05) is 0 Å². The highest BCUT2D eigenvalue weighted by molar-refractivity contribution is 6.61. The van der Waals surface area contributed by atoms with Crippen LogP contribution in [0.1, 0.15) is 33.6 Å². The zero-order valence-electron chi connectivity index (χ0n) is 21.4. The first-order chi connectivity index (χ1) is 16.0. The Balaban J connectivity index is 5.43. The molecule has 0 aliphatic carbocycles. The SMILES string of the molecule is CCO[Si](CCC(N=C=O)N(CCC[Si](OC)(OC)OC)CCNCCN)(OCC)OCC. The van der Waals surface area contributed by atoms with Crippen molar-refractivity contribution in [1.29, 1.82) is 0 Å². The van der Waals surface area contributed by atoms with Gasteiger partial charge in [-0.05, 0) is 33.6 Å². The third kappa shape index (κ3) is 12.6. The minimum absolute atomic E-state index is 0.376. The van der Waals surface area contributed by atoms with E-state index in [2.05, 4.69) is 15.2 Å². The Hall–Kier alpha value is -0.546. The number of aliphatic imine (C=N–C) groups is 1. The van der Waals surface area contributed by atoms with Gasteiger partial charge in [-0.25, -0.2) is 4.79 Å². The minimum atomic E-state index is -2.86. The van der Waals surface area contributed by atoms with Gasteiger partial charge in [-0.2, -0.15) is 4.99 Å². The third-order valence-electron chi connectivity index (χ3n) is 5.18. The second-order valence-electron chi connectivity index (χ2n) is 7.20. The van der Waals surface area contributed by atoms with Gasteiger partial charge in [0.15, 0.2) is 0 Å². The topological polar surface area (TPSA) is 126 Å². The molecule has 196 valence electrons. The highest BCUT2D eigenvalue weighted by Gasteiger charge is 2.41. The van der Waals surface area contributed by atoms with Crippen molar-refractivity contribution >= 4 is 23.7 Å². The fourth-order valence-corrected chi connectivity index (χ4v) is 7.93. The van der Waals surface area contributed by atoms with Crippen molar-refractivity contribution in [2.24, 2.45) is 10.7 Å². The van der Waals surface area contributed by atoms with Gasteiger partial charge in [0, 0.05) is 86.0 Å². The molecule has 0 heterocycles. The molecule has 0 bridgehead atoms. The number of isocyanates is 1. The molecule has 0 aliphatic heterocycles. The first-order valence-corrected chi connectivity index (χ1v) is 15.6. The molecular formula is C20H46N4O7Si2. The molecule has 0 radical (unpaired) electrons. The molecular weight excluding hydrogens is 464 g/mol.